The molecule has 30 heavy (non-hydrogen) atoms. The molecule has 2 N–H and O–H groups in total. The van der Waals surface area contributed by atoms with Gasteiger partial charge in [-0.3, -0.25) is 9.59 Å². The van der Waals surface area contributed by atoms with Crippen LogP contribution in [0, 0.1) is 6.92 Å². The third kappa shape index (κ3) is 4.65. The molecule has 0 bridgehead atoms. The second-order valence-electron chi connectivity index (χ2n) is 7.88. The van der Waals surface area contributed by atoms with Gasteiger partial charge in [-0.2, -0.15) is 5.10 Å². The molecule has 1 atom stereocenters. The van der Waals surface area contributed by atoms with Crippen LogP contribution in [0.5, 0.6) is 5.75 Å². The number of carbonyl (C=O) groups excluding carboxylic acids is 2. The van der Waals surface area contributed by atoms with Crippen LogP contribution in [0.2, 0.25) is 5.02 Å². The summed E-state index contributed by atoms with van der Waals surface area (Å²) >= 11 is 6.32. The van der Waals surface area contributed by atoms with E-state index >= 15 is 0 Å². The Balaban J connectivity index is 1.76. The van der Waals surface area contributed by atoms with Crippen molar-refractivity contribution in [3.8, 4) is 5.75 Å². The van der Waals surface area contributed by atoms with E-state index in [-0.39, 0.29) is 35.9 Å². The van der Waals surface area contributed by atoms with Gasteiger partial charge in [-0.25, -0.2) is 5.01 Å². The normalized spacial score (nSPS) is 16.0. The van der Waals surface area contributed by atoms with Gasteiger partial charge in [0.1, 0.15) is 5.75 Å². The first-order valence-corrected chi connectivity index (χ1v) is 10.3. The first kappa shape index (κ1) is 21.8. The summed E-state index contributed by atoms with van der Waals surface area (Å²) < 4.78 is 0. The maximum Gasteiger partial charge on any atom is 0.240 e. The van der Waals surface area contributed by atoms with Crippen molar-refractivity contribution in [1.82, 2.24) is 5.01 Å². The molecule has 0 saturated heterocycles. The smallest absolute Gasteiger partial charge is 0.240 e. The molecule has 2 amide bonds. The molecule has 1 heterocycles. The minimum absolute atomic E-state index is 0.0715. The summed E-state index contributed by atoms with van der Waals surface area (Å²) in [6.45, 7) is 7.24. The van der Waals surface area contributed by atoms with Crippen molar-refractivity contribution in [3.05, 3.63) is 58.1 Å². The molecule has 0 spiro atoms. The van der Waals surface area contributed by atoms with E-state index in [0.717, 1.165) is 16.7 Å². The molecule has 1 aliphatic rings. The first-order valence-electron chi connectivity index (χ1n) is 9.91. The fraction of sp³-hybridized carbons (Fsp3) is 0.348. The third-order valence-electron chi connectivity index (χ3n) is 5.19. The lowest BCUT2D eigenvalue weighted by atomic mass is 9.98. The lowest BCUT2D eigenvalue weighted by molar-refractivity contribution is -0.130. The summed E-state index contributed by atoms with van der Waals surface area (Å²) in [6, 6.07) is 10.5. The van der Waals surface area contributed by atoms with Gasteiger partial charge in [-0.1, -0.05) is 43.6 Å². The highest BCUT2D eigenvalue weighted by atomic mass is 35.5. The molecular weight excluding hydrogens is 402 g/mol. The highest BCUT2D eigenvalue weighted by molar-refractivity contribution is 6.31. The number of rotatable bonds is 5. The Morgan fingerprint density at radius 3 is 2.63 bits per heavy atom. The summed E-state index contributed by atoms with van der Waals surface area (Å²) in [5.41, 5.74) is 3.64. The van der Waals surface area contributed by atoms with Gasteiger partial charge in [0.15, 0.2) is 0 Å². The van der Waals surface area contributed by atoms with Gasteiger partial charge < -0.3 is 10.4 Å². The summed E-state index contributed by atoms with van der Waals surface area (Å²) in [6.07, 6.45) is 0.518. The number of nitrogens with one attached hydrogen (secondary N) is 1. The number of halogens is 1. The highest BCUT2D eigenvalue weighted by Gasteiger charge is 2.32. The number of phenols is 1. The number of hydrogen-bond acceptors (Lipinski definition) is 4. The Bertz CT molecular complexity index is 1020. The lowest BCUT2D eigenvalue weighted by Gasteiger charge is -2.21. The van der Waals surface area contributed by atoms with Gasteiger partial charge in [0.2, 0.25) is 11.8 Å². The second kappa shape index (κ2) is 8.88. The molecule has 0 radical (unpaired) electrons. The first-order chi connectivity index (χ1) is 14.2. The average Bonchev–Trinajstić information content (AvgIpc) is 3.07. The quantitative estimate of drug-likeness (QED) is 0.647. The molecule has 1 aliphatic heterocycles. The van der Waals surface area contributed by atoms with Gasteiger partial charge >= 0.3 is 0 Å². The Hall–Kier alpha value is -2.86. The number of phenolic OH excluding ortho intramolecular Hbond substituents is 1. The lowest BCUT2D eigenvalue weighted by Crippen LogP contribution is -2.24. The van der Waals surface area contributed by atoms with Crippen molar-refractivity contribution in [2.45, 2.75) is 52.5 Å². The minimum Gasteiger partial charge on any atom is -0.508 e. The standard InChI is InChI=1S/C23H26ClN3O3/c1-13(2)18-12-20(14(3)9-22(18)29)25-23(30)11-16-10-21(27(26-16)15(4)28)17-7-5-6-8-19(17)24/h5-9,12-13,21,29H,10-11H2,1-4H3,(H,25,30). The Labute approximate surface area is 181 Å². The van der Waals surface area contributed by atoms with Crippen molar-refractivity contribution in [2.24, 2.45) is 5.10 Å². The van der Waals surface area contributed by atoms with E-state index in [4.69, 9.17) is 11.6 Å². The highest BCUT2D eigenvalue weighted by Crippen LogP contribution is 2.36. The Morgan fingerprint density at radius 2 is 2.00 bits per heavy atom. The van der Waals surface area contributed by atoms with E-state index in [1.807, 2.05) is 39.0 Å². The summed E-state index contributed by atoms with van der Waals surface area (Å²) in [5.74, 6) is -0.0758. The van der Waals surface area contributed by atoms with E-state index in [0.29, 0.717) is 22.8 Å². The number of benzene rings is 2. The maximum atomic E-state index is 12.7. The Kier molecular flexibility index (Phi) is 6.46. The second-order valence-corrected chi connectivity index (χ2v) is 8.28. The van der Waals surface area contributed by atoms with Gasteiger partial charge in [-0.15, -0.1) is 0 Å². The van der Waals surface area contributed by atoms with Crippen LogP contribution in [-0.4, -0.2) is 27.6 Å². The van der Waals surface area contributed by atoms with Gasteiger partial charge in [0, 0.05) is 24.1 Å². The molecule has 0 aliphatic carbocycles. The van der Waals surface area contributed by atoms with Crippen LogP contribution in [0.3, 0.4) is 0 Å². The van der Waals surface area contributed by atoms with E-state index in [1.54, 1.807) is 18.2 Å². The number of aryl methyl sites for hydroxylation is 1. The van der Waals surface area contributed by atoms with Gasteiger partial charge in [0.25, 0.3) is 0 Å². The summed E-state index contributed by atoms with van der Waals surface area (Å²) in [4.78, 5) is 24.8. The molecule has 158 valence electrons. The fourth-order valence-corrected chi connectivity index (χ4v) is 3.90. The zero-order valence-corrected chi connectivity index (χ0v) is 18.3. The number of aromatic hydroxyl groups is 1. The number of hydrazone groups is 1. The summed E-state index contributed by atoms with van der Waals surface area (Å²) in [7, 11) is 0. The summed E-state index contributed by atoms with van der Waals surface area (Å²) in [5, 5.41) is 19.4. The number of amides is 2. The van der Waals surface area contributed by atoms with Crippen LogP contribution in [0.1, 0.15) is 62.3 Å². The molecule has 2 aromatic carbocycles. The van der Waals surface area contributed by atoms with Crippen molar-refractivity contribution in [3.63, 3.8) is 0 Å². The average molecular weight is 428 g/mol. The molecular formula is C23H26ClN3O3. The van der Waals surface area contributed by atoms with Crippen LogP contribution in [-0.2, 0) is 9.59 Å². The molecule has 7 heteroatoms. The SMILES string of the molecule is CC(=O)N1N=C(CC(=O)Nc2cc(C(C)C)c(O)cc2C)CC1c1ccccc1Cl. The van der Waals surface area contributed by atoms with Crippen molar-refractivity contribution in [1.29, 1.82) is 0 Å². The van der Waals surface area contributed by atoms with Gasteiger partial charge in [0.05, 0.1) is 18.2 Å². The largest absolute Gasteiger partial charge is 0.508 e. The predicted molar refractivity (Wildman–Crippen MR) is 119 cm³/mol. The number of nitrogens with zero attached hydrogens (tertiary/aromatic N) is 2. The maximum absolute atomic E-state index is 12.7. The minimum atomic E-state index is -0.318. The third-order valence-corrected chi connectivity index (χ3v) is 5.54. The van der Waals surface area contributed by atoms with E-state index < -0.39 is 0 Å². The van der Waals surface area contributed by atoms with Crippen LogP contribution < -0.4 is 5.32 Å². The van der Waals surface area contributed by atoms with Crippen LogP contribution >= 0.6 is 11.6 Å². The molecule has 1 unspecified atom stereocenters. The van der Waals surface area contributed by atoms with Crippen LogP contribution in [0.4, 0.5) is 5.69 Å². The van der Waals surface area contributed by atoms with Crippen molar-refractivity contribution >= 4 is 34.8 Å². The fourth-order valence-electron chi connectivity index (χ4n) is 3.64. The van der Waals surface area contributed by atoms with E-state index in [2.05, 4.69) is 10.4 Å². The van der Waals surface area contributed by atoms with E-state index in [9.17, 15) is 14.7 Å². The number of anilines is 1. The van der Waals surface area contributed by atoms with Crippen molar-refractivity contribution in [2.75, 3.05) is 5.32 Å². The predicted octanol–water partition coefficient (Wildman–Crippen LogP) is 5.16. The zero-order chi connectivity index (χ0) is 22.0. The van der Waals surface area contributed by atoms with Crippen LogP contribution in [0.25, 0.3) is 0 Å². The van der Waals surface area contributed by atoms with Crippen molar-refractivity contribution < 1.29 is 14.7 Å². The molecule has 3 rings (SSSR count). The number of hydrogen-bond donors (Lipinski definition) is 2. The molecule has 0 fully saturated rings. The van der Waals surface area contributed by atoms with Crippen LogP contribution in [0.15, 0.2) is 41.5 Å². The number of carbonyl (C=O) groups is 2. The zero-order valence-electron chi connectivity index (χ0n) is 17.6. The van der Waals surface area contributed by atoms with E-state index in [1.165, 1.54) is 11.9 Å². The molecule has 0 aromatic heterocycles. The Morgan fingerprint density at radius 1 is 1.30 bits per heavy atom. The molecule has 6 nitrogen and oxygen atoms in total. The molecule has 0 saturated carbocycles. The topological polar surface area (TPSA) is 82.0 Å². The monoisotopic (exact) mass is 427 g/mol. The molecule has 2 aromatic rings. The van der Waals surface area contributed by atoms with Gasteiger partial charge in [-0.05, 0) is 47.7 Å².